The van der Waals surface area contributed by atoms with Crippen LogP contribution < -0.4 is 0 Å². The predicted octanol–water partition coefficient (Wildman–Crippen LogP) is 1.92. The molecule has 23 heavy (non-hydrogen) atoms. The number of hydrogen-bond donors (Lipinski definition) is 1. The molecule has 3 rings (SSSR count). The fraction of sp³-hybridized carbons (Fsp3) is 0.533. The number of imidazole rings is 1. The Hall–Kier alpha value is -1.22. The number of aliphatic hydroxyl groups excluding tert-OH is 1. The highest BCUT2D eigenvalue weighted by atomic mass is 32.2. The van der Waals surface area contributed by atoms with Crippen molar-refractivity contribution in [1.82, 2.24) is 13.9 Å². The third kappa shape index (κ3) is 3.08. The third-order valence-corrected chi connectivity index (χ3v) is 6.81. The average Bonchev–Trinajstić information content (AvgIpc) is 3.25. The molecule has 0 radical (unpaired) electrons. The minimum atomic E-state index is -3.62. The van der Waals surface area contributed by atoms with Crippen molar-refractivity contribution in [3.8, 4) is 0 Å². The van der Waals surface area contributed by atoms with Gasteiger partial charge in [0, 0.05) is 43.8 Å². The van der Waals surface area contributed by atoms with Gasteiger partial charge in [-0.2, -0.15) is 15.6 Å². The summed E-state index contributed by atoms with van der Waals surface area (Å²) >= 11 is 1.59. The highest BCUT2D eigenvalue weighted by Crippen LogP contribution is 2.36. The van der Waals surface area contributed by atoms with Crippen LogP contribution in [0.25, 0.3) is 0 Å². The van der Waals surface area contributed by atoms with Crippen molar-refractivity contribution in [1.29, 1.82) is 0 Å². The Labute approximate surface area is 140 Å². The lowest BCUT2D eigenvalue weighted by Gasteiger charge is -2.14. The molecule has 0 bridgehead atoms. The molecule has 0 aromatic carbocycles. The molecule has 0 amide bonds. The van der Waals surface area contributed by atoms with Crippen LogP contribution in [0.4, 0.5) is 0 Å². The number of thiophene rings is 1. The first kappa shape index (κ1) is 16.6. The lowest BCUT2D eigenvalue weighted by atomic mass is 9.92. The third-order valence-electron chi connectivity index (χ3n) is 4.39. The molecule has 0 unspecified atom stereocenters. The van der Waals surface area contributed by atoms with Crippen molar-refractivity contribution in [2.45, 2.75) is 30.8 Å². The van der Waals surface area contributed by atoms with Gasteiger partial charge < -0.3 is 9.67 Å². The summed E-state index contributed by atoms with van der Waals surface area (Å²) in [5.41, 5.74) is 1.10. The summed E-state index contributed by atoms with van der Waals surface area (Å²) in [6, 6.07) is 2.16. The predicted molar refractivity (Wildman–Crippen MR) is 89.0 cm³/mol. The largest absolute Gasteiger partial charge is 0.396 e. The monoisotopic (exact) mass is 355 g/mol. The Morgan fingerprint density at radius 2 is 2.22 bits per heavy atom. The molecule has 2 aromatic rings. The van der Waals surface area contributed by atoms with Crippen LogP contribution in [0.3, 0.4) is 0 Å². The summed E-state index contributed by atoms with van der Waals surface area (Å²) < 4.78 is 28.9. The molecule has 0 saturated carbocycles. The molecule has 0 spiro atoms. The Balaban J connectivity index is 1.86. The van der Waals surface area contributed by atoms with E-state index in [0.717, 1.165) is 5.56 Å². The van der Waals surface area contributed by atoms with E-state index in [2.05, 4.69) is 4.98 Å². The van der Waals surface area contributed by atoms with Crippen molar-refractivity contribution in [2.24, 2.45) is 5.92 Å². The van der Waals surface area contributed by atoms with Crippen LogP contribution >= 0.6 is 11.3 Å². The number of hydrogen-bond acceptors (Lipinski definition) is 5. The van der Waals surface area contributed by atoms with Gasteiger partial charge in [-0.15, -0.1) is 0 Å². The number of nitrogens with zero attached hydrogens (tertiary/aromatic N) is 3. The van der Waals surface area contributed by atoms with Crippen molar-refractivity contribution in [3.05, 3.63) is 34.9 Å². The maximum absolute atomic E-state index is 12.8. The van der Waals surface area contributed by atoms with E-state index in [1.165, 1.54) is 4.31 Å². The summed E-state index contributed by atoms with van der Waals surface area (Å²) in [6.45, 7) is 4.64. The fourth-order valence-corrected chi connectivity index (χ4v) is 5.11. The van der Waals surface area contributed by atoms with E-state index in [9.17, 15) is 13.5 Å². The van der Waals surface area contributed by atoms with Gasteiger partial charge in [0.1, 0.15) is 0 Å². The molecule has 1 aliphatic heterocycles. The molecular weight excluding hydrogens is 334 g/mol. The first-order valence-corrected chi connectivity index (χ1v) is 9.98. The second kappa shape index (κ2) is 6.35. The van der Waals surface area contributed by atoms with E-state index >= 15 is 0 Å². The first-order valence-electron chi connectivity index (χ1n) is 7.60. The van der Waals surface area contributed by atoms with Gasteiger partial charge in [0.25, 0.3) is 10.0 Å². The molecule has 8 heteroatoms. The van der Waals surface area contributed by atoms with E-state index in [1.807, 2.05) is 30.7 Å². The first-order chi connectivity index (χ1) is 10.9. The van der Waals surface area contributed by atoms with E-state index < -0.39 is 10.0 Å². The Bertz CT molecular complexity index is 753. The summed E-state index contributed by atoms with van der Waals surface area (Å²) in [5, 5.41) is 13.7. The zero-order valence-electron chi connectivity index (χ0n) is 13.2. The maximum atomic E-state index is 12.8. The van der Waals surface area contributed by atoms with E-state index in [1.54, 1.807) is 28.4 Å². The van der Waals surface area contributed by atoms with Crippen LogP contribution in [-0.2, 0) is 10.0 Å². The normalized spacial score (nSPS) is 23.0. The molecule has 1 fully saturated rings. The average molecular weight is 355 g/mol. The van der Waals surface area contributed by atoms with Gasteiger partial charge in [-0.25, -0.2) is 13.4 Å². The van der Waals surface area contributed by atoms with Crippen LogP contribution in [0.2, 0.25) is 0 Å². The quantitative estimate of drug-likeness (QED) is 0.889. The molecule has 2 atom stereocenters. The van der Waals surface area contributed by atoms with Gasteiger partial charge in [0.2, 0.25) is 0 Å². The van der Waals surface area contributed by atoms with E-state index in [-0.39, 0.29) is 29.5 Å². The molecule has 2 aromatic heterocycles. The lowest BCUT2D eigenvalue weighted by molar-refractivity contribution is 0.223. The van der Waals surface area contributed by atoms with E-state index in [4.69, 9.17) is 0 Å². The second-order valence-corrected chi connectivity index (χ2v) is 8.85. The molecule has 126 valence electrons. The van der Waals surface area contributed by atoms with Crippen molar-refractivity contribution < 1.29 is 13.5 Å². The topological polar surface area (TPSA) is 75.4 Å². The number of aromatic nitrogens is 2. The highest BCUT2D eigenvalue weighted by Gasteiger charge is 2.40. The van der Waals surface area contributed by atoms with Crippen molar-refractivity contribution >= 4 is 21.4 Å². The Morgan fingerprint density at radius 1 is 1.43 bits per heavy atom. The van der Waals surface area contributed by atoms with Crippen LogP contribution in [0, 0.1) is 5.92 Å². The summed E-state index contributed by atoms with van der Waals surface area (Å²) in [5.74, 6) is -0.0419. The molecule has 1 saturated heterocycles. The van der Waals surface area contributed by atoms with Crippen LogP contribution in [0.15, 0.2) is 34.4 Å². The van der Waals surface area contributed by atoms with Gasteiger partial charge in [-0.3, -0.25) is 0 Å². The van der Waals surface area contributed by atoms with Crippen molar-refractivity contribution in [3.63, 3.8) is 0 Å². The number of aliphatic hydroxyl groups is 1. The SMILES string of the molecule is CC(C)n1cnc(S(=O)(=O)N2C[C@H](CO)[C@@H](c3ccsc3)C2)c1. The molecule has 1 aliphatic rings. The molecule has 0 aliphatic carbocycles. The van der Waals surface area contributed by atoms with Gasteiger partial charge in [-0.05, 0) is 36.2 Å². The minimum Gasteiger partial charge on any atom is -0.396 e. The Morgan fingerprint density at radius 3 is 2.78 bits per heavy atom. The minimum absolute atomic E-state index is 0.0209. The molecule has 3 heterocycles. The van der Waals surface area contributed by atoms with Crippen LogP contribution in [-0.4, -0.2) is 47.1 Å². The van der Waals surface area contributed by atoms with Gasteiger partial charge in [0.15, 0.2) is 5.03 Å². The summed E-state index contributed by atoms with van der Waals surface area (Å²) in [6.07, 6.45) is 3.12. The van der Waals surface area contributed by atoms with Gasteiger partial charge >= 0.3 is 0 Å². The second-order valence-electron chi connectivity index (χ2n) is 6.18. The molecule has 6 nitrogen and oxygen atoms in total. The number of sulfonamides is 1. The molecular formula is C15H21N3O3S2. The summed E-state index contributed by atoms with van der Waals surface area (Å²) in [4.78, 5) is 4.07. The van der Waals surface area contributed by atoms with Gasteiger partial charge in [0.05, 0.1) is 6.33 Å². The highest BCUT2D eigenvalue weighted by molar-refractivity contribution is 7.89. The van der Waals surface area contributed by atoms with E-state index in [0.29, 0.717) is 13.1 Å². The van der Waals surface area contributed by atoms with Crippen molar-refractivity contribution in [2.75, 3.05) is 19.7 Å². The lowest BCUT2D eigenvalue weighted by Crippen LogP contribution is -2.29. The maximum Gasteiger partial charge on any atom is 0.262 e. The molecule has 1 N–H and O–H groups in total. The summed E-state index contributed by atoms with van der Waals surface area (Å²) in [7, 11) is -3.62. The van der Waals surface area contributed by atoms with Gasteiger partial charge in [-0.1, -0.05) is 0 Å². The zero-order valence-corrected chi connectivity index (χ0v) is 14.8. The Kier molecular flexibility index (Phi) is 4.59. The van der Waals surface area contributed by atoms with Crippen LogP contribution in [0.1, 0.15) is 31.4 Å². The fourth-order valence-electron chi connectivity index (χ4n) is 2.94. The zero-order chi connectivity index (χ0) is 16.6. The van der Waals surface area contributed by atoms with Crippen LogP contribution in [0.5, 0.6) is 0 Å². The number of rotatable bonds is 5. The smallest absolute Gasteiger partial charge is 0.262 e. The standard InChI is InChI=1S/C15H21N3O3S2/c1-11(2)17-7-15(16-10-17)23(20,21)18-5-13(8-19)14(6-18)12-3-4-22-9-12/h3-4,7,9-11,13-14,19H,5-6,8H2,1-2H3/t13-,14-/m1/s1.